The third-order valence-corrected chi connectivity index (χ3v) is 7.37. The first-order chi connectivity index (χ1) is 14.5. The van der Waals surface area contributed by atoms with Crippen LogP contribution in [0, 0.1) is 6.92 Å². The fourth-order valence-electron chi connectivity index (χ4n) is 2.90. The fourth-order valence-corrected chi connectivity index (χ4v) is 5.48. The molecule has 0 unspecified atom stereocenters. The van der Waals surface area contributed by atoms with Gasteiger partial charge in [-0.25, -0.2) is 17.4 Å². The van der Waals surface area contributed by atoms with Crippen molar-refractivity contribution in [1.29, 1.82) is 0 Å². The minimum atomic E-state index is -3.80. The summed E-state index contributed by atoms with van der Waals surface area (Å²) in [5, 5.41) is 0. The van der Waals surface area contributed by atoms with Gasteiger partial charge in [-0.3, -0.25) is 0 Å². The lowest BCUT2D eigenvalue weighted by atomic mass is 10.2. The Kier molecular flexibility index (Phi) is 5.57. The zero-order valence-corrected chi connectivity index (χ0v) is 18.2. The van der Waals surface area contributed by atoms with Crippen molar-refractivity contribution in [1.82, 2.24) is 3.97 Å². The molecule has 0 saturated heterocycles. The molecule has 4 rings (SSSR count). The maximum atomic E-state index is 13.4. The molecule has 1 aromatic heterocycles. The summed E-state index contributed by atoms with van der Waals surface area (Å²) >= 11 is 1.33. The summed E-state index contributed by atoms with van der Waals surface area (Å²) < 4.78 is 33.2. The van der Waals surface area contributed by atoms with E-state index in [-0.39, 0.29) is 4.90 Å². The Balaban J connectivity index is 1.90. The second-order valence-electron chi connectivity index (χ2n) is 6.67. The Morgan fingerprint density at radius 3 is 2.20 bits per heavy atom. The van der Waals surface area contributed by atoms with Crippen molar-refractivity contribution in [2.45, 2.75) is 11.8 Å². The van der Waals surface area contributed by atoms with Crippen molar-refractivity contribution in [2.24, 2.45) is 4.99 Å². The number of rotatable bonds is 5. The minimum Gasteiger partial charge on any atom is -0.497 e. The Labute approximate surface area is 179 Å². The number of benzene rings is 3. The highest BCUT2D eigenvalue weighted by Gasteiger charge is 2.20. The number of hydrogen-bond donors (Lipinski definition) is 0. The van der Waals surface area contributed by atoms with Crippen LogP contribution in [0.25, 0.3) is 10.4 Å². The smallest absolute Gasteiger partial charge is 0.270 e. The Bertz CT molecular complexity index is 1320. The van der Waals surface area contributed by atoms with Crippen LogP contribution in [0.5, 0.6) is 5.75 Å². The van der Waals surface area contributed by atoms with Gasteiger partial charge in [0.15, 0.2) is 0 Å². The highest BCUT2D eigenvalue weighted by molar-refractivity contribution is 7.90. The van der Waals surface area contributed by atoms with Crippen LogP contribution >= 0.6 is 11.3 Å². The number of nitrogens with zero attached hydrogens (tertiary/aromatic N) is 2. The highest BCUT2D eigenvalue weighted by Crippen LogP contribution is 2.25. The fraction of sp³-hybridized carbons (Fsp3) is 0.0870. The van der Waals surface area contributed by atoms with Crippen molar-refractivity contribution >= 4 is 27.0 Å². The second kappa shape index (κ2) is 8.30. The van der Waals surface area contributed by atoms with Crippen LogP contribution in [0.3, 0.4) is 0 Å². The topological polar surface area (TPSA) is 60.7 Å². The lowest BCUT2D eigenvalue weighted by Gasteiger charge is -2.06. The molecule has 0 N–H and O–H groups in total. The SMILES string of the molecule is COc1ccc(N=c2sc(-c3ccccc3)cn2S(=O)(=O)c2ccc(C)cc2)cc1. The van der Waals surface area contributed by atoms with Crippen molar-refractivity contribution in [3.8, 4) is 16.2 Å². The van der Waals surface area contributed by atoms with Gasteiger partial charge in [-0.1, -0.05) is 59.4 Å². The lowest BCUT2D eigenvalue weighted by molar-refractivity contribution is 0.415. The molecule has 0 atom stereocenters. The normalized spacial score (nSPS) is 12.1. The van der Waals surface area contributed by atoms with Crippen LogP contribution in [-0.4, -0.2) is 19.5 Å². The molecular formula is C23H20N2O3S2. The first-order valence-electron chi connectivity index (χ1n) is 9.26. The van der Waals surface area contributed by atoms with E-state index in [2.05, 4.69) is 4.99 Å². The summed E-state index contributed by atoms with van der Waals surface area (Å²) in [5.41, 5.74) is 2.58. The molecule has 3 aromatic carbocycles. The summed E-state index contributed by atoms with van der Waals surface area (Å²) in [4.78, 5) is 6.04. The Morgan fingerprint density at radius 1 is 0.900 bits per heavy atom. The molecule has 0 spiro atoms. The van der Waals surface area contributed by atoms with E-state index in [0.717, 1.165) is 16.0 Å². The molecule has 30 heavy (non-hydrogen) atoms. The summed E-state index contributed by atoms with van der Waals surface area (Å²) in [6.07, 6.45) is 1.64. The second-order valence-corrected chi connectivity index (χ2v) is 9.49. The molecule has 0 aliphatic rings. The molecule has 0 fully saturated rings. The van der Waals surface area contributed by atoms with E-state index in [4.69, 9.17) is 4.74 Å². The molecule has 7 heteroatoms. The summed E-state index contributed by atoms with van der Waals surface area (Å²) in [6, 6.07) is 23.7. The number of methoxy groups -OCH3 is 1. The van der Waals surface area contributed by atoms with E-state index in [9.17, 15) is 8.42 Å². The molecular weight excluding hydrogens is 416 g/mol. The zero-order valence-electron chi connectivity index (χ0n) is 16.5. The quantitative estimate of drug-likeness (QED) is 0.442. The summed E-state index contributed by atoms with van der Waals surface area (Å²) in [7, 11) is -2.20. The van der Waals surface area contributed by atoms with Gasteiger partial charge in [0.25, 0.3) is 10.0 Å². The monoisotopic (exact) mass is 436 g/mol. The van der Waals surface area contributed by atoms with Crippen LogP contribution in [0.4, 0.5) is 5.69 Å². The summed E-state index contributed by atoms with van der Waals surface area (Å²) in [6.45, 7) is 1.92. The van der Waals surface area contributed by atoms with Gasteiger partial charge in [0, 0.05) is 6.20 Å². The van der Waals surface area contributed by atoms with E-state index in [1.54, 1.807) is 61.8 Å². The van der Waals surface area contributed by atoms with Gasteiger partial charge in [0.05, 0.1) is 22.6 Å². The van der Waals surface area contributed by atoms with E-state index in [1.165, 1.54) is 15.3 Å². The van der Waals surface area contributed by atoms with Crippen molar-refractivity contribution < 1.29 is 13.2 Å². The lowest BCUT2D eigenvalue weighted by Crippen LogP contribution is -2.23. The number of ether oxygens (including phenoxy) is 1. The van der Waals surface area contributed by atoms with Crippen molar-refractivity contribution in [3.05, 3.63) is 95.4 Å². The molecule has 0 aliphatic carbocycles. The zero-order chi connectivity index (χ0) is 21.1. The number of thiazole rings is 1. The van der Waals surface area contributed by atoms with Crippen LogP contribution in [0.2, 0.25) is 0 Å². The van der Waals surface area contributed by atoms with Crippen molar-refractivity contribution in [2.75, 3.05) is 7.11 Å². The minimum absolute atomic E-state index is 0.224. The van der Waals surface area contributed by atoms with Crippen LogP contribution < -0.4 is 9.54 Å². The van der Waals surface area contributed by atoms with Gasteiger partial charge in [-0.2, -0.15) is 0 Å². The molecule has 4 aromatic rings. The number of hydrogen-bond acceptors (Lipinski definition) is 5. The van der Waals surface area contributed by atoms with E-state index in [0.29, 0.717) is 16.2 Å². The van der Waals surface area contributed by atoms with Gasteiger partial charge in [0.1, 0.15) is 5.75 Å². The average molecular weight is 437 g/mol. The van der Waals surface area contributed by atoms with E-state index >= 15 is 0 Å². The Hall–Kier alpha value is -3.16. The molecule has 0 amide bonds. The third-order valence-electron chi connectivity index (χ3n) is 4.56. The van der Waals surface area contributed by atoms with E-state index in [1.807, 2.05) is 37.3 Å². The maximum Gasteiger partial charge on any atom is 0.270 e. The van der Waals surface area contributed by atoms with E-state index < -0.39 is 10.0 Å². The average Bonchev–Trinajstić information content (AvgIpc) is 3.20. The van der Waals surface area contributed by atoms with Gasteiger partial charge in [0.2, 0.25) is 4.80 Å². The molecule has 152 valence electrons. The van der Waals surface area contributed by atoms with Gasteiger partial charge in [-0.05, 0) is 48.9 Å². The Morgan fingerprint density at radius 2 is 1.57 bits per heavy atom. The number of aromatic nitrogens is 1. The third kappa shape index (κ3) is 4.08. The standard InChI is InChI=1S/C23H20N2O3S2/c1-17-8-14-21(15-9-17)30(26,27)25-16-22(18-6-4-3-5-7-18)29-23(25)24-19-10-12-20(28-2)13-11-19/h3-16H,1-2H3. The van der Waals surface area contributed by atoms with Crippen LogP contribution in [0.15, 0.2) is 94.9 Å². The van der Waals surface area contributed by atoms with Crippen LogP contribution in [0.1, 0.15) is 5.56 Å². The van der Waals surface area contributed by atoms with Crippen molar-refractivity contribution in [3.63, 3.8) is 0 Å². The predicted molar refractivity (Wildman–Crippen MR) is 120 cm³/mol. The van der Waals surface area contributed by atoms with Gasteiger partial charge in [-0.15, -0.1) is 0 Å². The van der Waals surface area contributed by atoms with Gasteiger partial charge < -0.3 is 4.74 Å². The molecule has 0 bridgehead atoms. The largest absolute Gasteiger partial charge is 0.497 e. The van der Waals surface area contributed by atoms with Crippen LogP contribution in [-0.2, 0) is 10.0 Å². The summed E-state index contributed by atoms with van der Waals surface area (Å²) in [5.74, 6) is 0.713. The molecule has 0 saturated carbocycles. The first-order valence-corrected chi connectivity index (χ1v) is 11.5. The maximum absolute atomic E-state index is 13.4. The number of aryl methyl sites for hydroxylation is 1. The first kappa shape index (κ1) is 20.1. The molecule has 0 radical (unpaired) electrons. The predicted octanol–water partition coefficient (Wildman–Crippen LogP) is 5.00. The van der Waals surface area contributed by atoms with Gasteiger partial charge >= 0.3 is 0 Å². The molecule has 0 aliphatic heterocycles. The molecule has 5 nitrogen and oxygen atoms in total. The highest BCUT2D eigenvalue weighted by atomic mass is 32.2. The molecule has 1 heterocycles.